The Morgan fingerprint density at radius 3 is 2.46 bits per heavy atom. The molecule has 1 heterocycles. The van der Waals surface area contributed by atoms with Crippen LogP contribution in [0.3, 0.4) is 0 Å². The molecule has 1 amide bonds. The van der Waals surface area contributed by atoms with Crippen molar-refractivity contribution >= 4 is 21.8 Å². The summed E-state index contributed by atoms with van der Waals surface area (Å²) in [5, 5.41) is 7.69. The third kappa shape index (κ3) is 3.89. The molecule has 3 rings (SSSR count). The minimum atomic E-state index is 0.0438. The molecule has 1 N–H and O–H groups in total. The Morgan fingerprint density at radius 1 is 1.21 bits per heavy atom. The Balaban J connectivity index is 1.64. The van der Waals surface area contributed by atoms with Crippen LogP contribution in [0.25, 0.3) is 0 Å². The highest BCUT2D eigenvalue weighted by molar-refractivity contribution is 9.10. The molecule has 0 atom stereocenters. The fourth-order valence-corrected chi connectivity index (χ4v) is 3.56. The van der Waals surface area contributed by atoms with E-state index >= 15 is 0 Å². The maximum atomic E-state index is 12.3. The summed E-state index contributed by atoms with van der Waals surface area (Å²) in [5.74, 6) is 0.0438. The van der Waals surface area contributed by atoms with E-state index < -0.39 is 0 Å². The SMILES string of the molecule is Cc1nn(Cc2ccc(C(=O)NC3CCCCC3)cc2)c(C)c1Br. The van der Waals surface area contributed by atoms with E-state index in [1.165, 1.54) is 19.3 Å². The second kappa shape index (κ2) is 7.51. The van der Waals surface area contributed by atoms with Crippen molar-refractivity contribution in [3.05, 3.63) is 51.3 Å². The van der Waals surface area contributed by atoms with E-state index in [0.29, 0.717) is 12.6 Å². The van der Waals surface area contributed by atoms with Crippen LogP contribution >= 0.6 is 15.9 Å². The van der Waals surface area contributed by atoms with Gasteiger partial charge in [0.2, 0.25) is 0 Å². The lowest BCUT2D eigenvalue weighted by Gasteiger charge is -2.22. The van der Waals surface area contributed by atoms with Crippen molar-refractivity contribution in [2.45, 2.75) is 58.5 Å². The van der Waals surface area contributed by atoms with Crippen molar-refractivity contribution in [3.63, 3.8) is 0 Å². The van der Waals surface area contributed by atoms with Gasteiger partial charge in [-0.1, -0.05) is 31.4 Å². The number of hydrogen-bond acceptors (Lipinski definition) is 2. The zero-order valence-electron chi connectivity index (χ0n) is 14.3. The van der Waals surface area contributed by atoms with Gasteiger partial charge in [0.25, 0.3) is 5.91 Å². The molecule has 1 saturated carbocycles. The number of rotatable bonds is 4. The van der Waals surface area contributed by atoms with Crippen molar-refractivity contribution in [2.24, 2.45) is 0 Å². The molecule has 1 aliphatic rings. The summed E-state index contributed by atoms with van der Waals surface area (Å²) in [7, 11) is 0. The number of benzene rings is 1. The molecule has 24 heavy (non-hydrogen) atoms. The number of amides is 1. The number of nitrogens with zero attached hydrogens (tertiary/aromatic N) is 2. The molecule has 0 radical (unpaired) electrons. The fraction of sp³-hybridized carbons (Fsp3) is 0.474. The van der Waals surface area contributed by atoms with Gasteiger partial charge in [-0.3, -0.25) is 9.48 Å². The van der Waals surface area contributed by atoms with Crippen molar-refractivity contribution < 1.29 is 4.79 Å². The van der Waals surface area contributed by atoms with Crippen LogP contribution in [0.1, 0.15) is 59.4 Å². The van der Waals surface area contributed by atoms with E-state index in [0.717, 1.165) is 39.8 Å². The maximum Gasteiger partial charge on any atom is 0.251 e. The van der Waals surface area contributed by atoms with Gasteiger partial charge in [-0.25, -0.2) is 0 Å². The van der Waals surface area contributed by atoms with E-state index in [1.54, 1.807) is 0 Å². The Kier molecular flexibility index (Phi) is 5.39. The predicted octanol–water partition coefficient (Wildman–Crippen LogP) is 4.37. The fourth-order valence-electron chi connectivity index (χ4n) is 3.28. The van der Waals surface area contributed by atoms with Crippen molar-refractivity contribution in [2.75, 3.05) is 0 Å². The molecule has 1 fully saturated rings. The summed E-state index contributed by atoms with van der Waals surface area (Å²) in [4.78, 5) is 12.3. The van der Waals surface area contributed by atoms with Crippen LogP contribution in [0.15, 0.2) is 28.7 Å². The summed E-state index contributed by atoms with van der Waals surface area (Å²) >= 11 is 3.55. The Labute approximate surface area is 151 Å². The molecule has 0 spiro atoms. The van der Waals surface area contributed by atoms with Gasteiger partial charge in [0, 0.05) is 11.6 Å². The lowest BCUT2D eigenvalue weighted by atomic mass is 9.95. The normalized spacial score (nSPS) is 15.5. The average molecular weight is 390 g/mol. The Morgan fingerprint density at radius 2 is 1.88 bits per heavy atom. The van der Waals surface area contributed by atoms with Gasteiger partial charge in [-0.05, 0) is 60.3 Å². The number of halogens is 1. The monoisotopic (exact) mass is 389 g/mol. The van der Waals surface area contributed by atoms with Gasteiger partial charge in [-0.2, -0.15) is 5.10 Å². The molecular formula is C19H24BrN3O. The first kappa shape index (κ1) is 17.2. The highest BCUT2D eigenvalue weighted by Gasteiger charge is 2.16. The third-order valence-corrected chi connectivity index (χ3v) is 5.93. The van der Waals surface area contributed by atoms with Crippen LogP contribution in [-0.4, -0.2) is 21.7 Å². The van der Waals surface area contributed by atoms with Gasteiger partial charge in [0.1, 0.15) is 0 Å². The van der Waals surface area contributed by atoms with Gasteiger partial charge < -0.3 is 5.32 Å². The Bertz CT molecular complexity index is 715. The van der Waals surface area contributed by atoms with Crippen molar-refractivity contribution in [3.8, 4) is 0 Å². The lowest BCUT2D eigenvalue weighted by Crippen LogP contribution is -2.36. The van der Waals surface area contributed by atoms with Gasteiger partial charge in [-0.15, -0.1) is 0 Å². The first-order valence-corrected chi connectivity index (χ1v) is 9.43. The third-order valence-electron chi connectivity index (χ3n) is 4.78. The molecule has 1 aliphatic carbocycles. The number of aryl methyl sites for hydroxylation is 1. The predicted molar refractivity (Wildman–Crippen MR) is 99.3 cm³/mol. The molecule has 1 aromatic carbocycles. The number of carbonyl (C=O) groups is 1. The maximum absolute atomic E-state index is 12.3. The van der Waals surface area contributed by atoms with Gasteiger partial charge in [0.05, 0.1) is 22.4 Å². The second-order valence-corrected chi connectivity index (χ2v) is 7.44. The molecular weight excluding hydrogens is 366 g/mol. The van der Waals surface area contributed by atoms with Crippen LogP contribution in [-0.2, 0) is 6.54 Å². The van der Waals surface area contributed by atoms with Gasteiger partial charge in [0.15, 0.2) is 0 Å². The molecule has 128 valence electrons. The summed E-state index contributed by atoms with van der Waals surface area (Å²) in [6.45, 7) is 4.76. The smallest absolute Gasteiger partial charge is 0.251 e. The minimum Gasteiger partial charge on any atom is -0.349 e. The quantitative estimate of drug-likeness (QED) is 0.843. The summed E-state index contributed by atoms with van der Waals surface area (Å²) in [5.41, 5.74) is 3.99. The van der Waals surface area contributed by atoms with E-state index in [2.05, 4.69) is 33.3 Å². The van der Waals surface area contributed by atoms with E-state index in [4.69, 9.17) is 0 Å². The zero-order valence-corrected chi connectivity index (χ0v) is 15.9. The molecule has 0 unspecified atom stereocenters. The zero-order chi connectivity index (χ0) is 17.1. The molecule has 0 saturated heterocycles. The molecule has 5 heteroatoms. The second-order valence-electron chi connectivity index (χ2n) is 6.65. The number of nitrogens with one attached hydrogen (secondary N) is 1. The Hall–Kier alpha value is -1.62. The van der Waals surface area contributed by atoms with Crippen molar-refractivity contribution in [1.82, 2.24) is 15.1 Å². The highest BCUT2D eigenvalue weighted by atomic mass is 79.9. The van der Waals surface area contributed by atoms with Crippen molar-refractivity contribution in [1.29, 1.82) is 0 Å². The first-order chi connectivity index (χ1) is 11.5. The molecule has 1 aromatic heterocycles. The molecule has 2 aromatic rings. The first-order valence-electron chi connectivity index (χ1n) is 8.64. The van der Waals surface area contributed by atoms with Crippen LogP contribution in [0.2, 0.25) is 0 Å². The summed E-state index contributed by atoms with van der Waals surface area (Å²) in [6.07, 6.45) is 5.96. The standard InChI is InChI=1S/C19H24BrN3O/c1-13-18(20)14(2)23(22-13)12-15-8-10-16(11-9-15)19(24)21-17-6-4-3-5-7-17/h8-11,17H,3-7,12H2,1-2H3,(H,21,24). The summed E-state index contributed by atoms with van der Waals surface area (Å²) in [6, 6.07) is 8.20. The summed E-state index contributed by atoms with van der Waals surface area (Å²) < 4.78 is 3.04. The van der Waals surface area contributed by atoms with Crippen LogP contribution < -0.4 is 5.32 Å². The number of hydrogen-bond donors (Lipinski definition) is 1. The number of carbonyl (C=O) groups excluding carboxylic acids is 1. The van der Waals surface area contributed by atoms with Gasteiger partial charge >= 0.3 is 0 Å². The molecule has 4 nitrogen and oxygen atoms in total. The van der Waals surface area contributed by atoms with Crippen LogP contribution in [0, 0.1) is 13.8 Å². The minimum absolute atomic E-state index is 0.0438. The lowest BCUT2D eigenvalue weighted by molar-refractivity contribution is 0.0927. The van der Waals surface area contributed by atoms with Crippen LogP contribution in [0.5, 0.6) is 0 Å². The van der Waals surface area contributed by atoms with E-state index in [-0.39, 0.29) is 5.91 Å². The van der Waals surface area contributed by atoms with E-state index in [1.807, 2.05) is 35.9 Å². The topological polar surface area (TPSA) is 46.9 Å². The largest absolute Gasteiger partial charge is 0.349 e. The highest BCUT2D eigenvalue weighted by Crippen LogP contribution is 2.21. The van der Waals surface area contributed by atoms with Crippen LogP contribution in [0.4, 0.5) is 0 Å². The average Bonchev–Trinajstić information content (AvgIpc) is 2.83. The number of aromatic nitrogens is 2. The van der Waals surface area contributed by atoms with E-state index in [9.17, 15) is 4.79 Å². The molecule has 0 aliphatic heterocycles. The molecule has 0 bridgehead atoms.